The Morgan fingerprint density at radius 3 is 2.34 bits per heavy atom. The summed E-state index contributed by atoms with van der Waals surface area (Å²) in [7, 11) is 1.69. The Labute approximate surface area is 194 Å². The molecular weight excluding hydrogens is 422 g/mol. The van der Waals surface area contributed by atoms with Crippen LogP contribution >= 0.6 is 11.6 Å². The van der Waals surface area contributed by atoms with Gasteiger partial charge in [0.15, 0.2) is 0 Å². The van der Waals surface area contributed by atoms with E-state index in [0.29, 0.717) is 10.6 Å². The van der Waals surface area contributed by atoms with Gasteiger partial charge in [0.05, 0.1) is 12.7 Å². The van der Waals surface area contributed by atoms with Crippen LogP contribution in [0.4, 0.5) is 11.4 Å². The third-order valence-electron chi connectivity index (χ3n) is 5.54. The Kier molecular flexibility index (Phi) is 6.16. The summed E-state index contributed by atoms with van der Waals surface area (Å²) in [6.07, 6.45) is 1.77. The van der Waals surface area contributed by atoms with E-state index in [1.807, 2.05) is 63.2 Å². The van der Waals surface area contributed by atoms with Crippen LogP contribution in [0.1, 0.15) is 42.3 Å². The summed E-state index contributed by atoms with van der Waals surface area (Å²) in [5, 5.41) is 0.716. The standard InChI is InChI=1S/C27H28ClNO3/c1-27(2,3)32-26(30)19-7-5-18(6-8-19)15-23-16-20-9-14-24(31-4)17-25(20)29(23)22-12-10-21(28)11-13-22/h5-14,17,23H,15-16H2,1-4H3. The fourth-order valence-corrected chi connectivity index (χ4v) is 4.24. The second-order valence-corrected chi connectivity index (χ2v) is 9.54. The molecule has 1 aliphatic heterocycles. The Morgan fingerprint density at radius 2 is 1.72 bits per heavy atom. The first-order valence-electron chi connectivity index (χ1n) is 10.8. The number of methoxy groups -OCH3 is 1. The van der Waals surface area contributed by atoms with Crippen molar-refractivity contribution in [2.45, 2.75) is 45.3 Å². The monoisotopic (exact) mass is 449 g/mol. The molecule has 3 aromatic rings. The normalized spacial score (nSPS) is 15.4. The van der Waals surface area contributed by atoms with Crippen molar-refractivity contribution >= 4 is 28.9 Å². The molecule has 0 saturated heterocycles. The predicted molar refractivity (Wildman–Crippen MR) is 129 cm³/mol. The Hall–Kier alpha value is -2.98. The smallest absolute Gasteiger partial charge is 0.338 e. The van der Waals surface area contributed by atoms with Gasteiger partial charge in [0.25, 0.3) is 0 Å². The van der Waals surface area contributed by atoms with Crippen molar-refractivity contribution in [3.63, 3.8) is 0 Å². The number of fused-ring (bicyclic) bond motifs is 1. The van der Waals surface area contributed by atoms with Crippen molar-refractivity contribution < 1.29 is 14.3 Å². The van der Waals surface area contributed by atoms with Crippen LogP contribution in [0.3, 0.4) is 0 Å². The lowest BCUT2D eigenvalue weighted by Crippen LogP contribution is -2.29. The first-order chi connectivity index (χ1) is 15.2. The van der Waals surface area contributed by atoms with E-state index in [1.165, 1.54) is 11.1 Å². The summed E-state index contributed by atoms with van der Waals surface area (Å²) in [5.74, 6) is 0.539. The molecule has 4 nitrogen and oxygen atoms in total. The minimum Gasteiger partial charge on any atom is -0.497 e. The quantitative estimate of drug-likeness (QED) is 0.411. The highest BCUT2D eigenvalue weighted by molar-refractivity contribution is 6.30. The molecule has 3 aromatic carbocycles. The van der Waals surface area contributed by atoms with E-state index < -0.39 is 5.60 Å². The van der Waals surface area contributed by atoms with Gasteiger partial charge in [-0.25, -0.2) is 4.79 Å². The average Bonchev–Trinajstić information content (AvgIpc) is 3.10. The highest BCUT2D eigenvalue weighted by atomic mass is 35.5. The highest BCUT2D eigenvalue weighted by Crippen LogP contribution is 2.41. The zero-order valence-corrected chi connectivity index (χ0v) is 19.6. The number of ether oxygens (including phenoxy) is 2. The van der Waals surface area contributed by atoms with Crippen LogP contribution in [0.25, 0.3) is 0 Å². The molecule has 0 fully saturated rings. The van der Waals surface area contributed by atoms with Crippen LogP contribution in [0.15, 0.2) is 66.7 Å². The number of carbonyl (C=O) groups excluding carboxylic acids is 1. The van der Waals surface area contributed by atoms with Crippen molar-refractivity contribution in [2.24, 2.45) is 0 Å². The molecule has 1 heterocycles. The fraction of sp³-hybridized carbons (Fsp3) is 0.296. The van der Waals surface area contributed by atoms with Gasteiger partial charge in [0, 0.05) is 28.5 Å². The van der Waals surface area contributed by atoms with Crippen LogP contribution in [-0.2, 0) is 17.6 Å². The molecule has 0 N–H and O–H groups in total. The summed E-state index contributed by atoms with van der Waals surface area (Å²) in [6.45, 7) is 5.62. The van der Waals surface area contributed by atoms with Gasteiger partial charge >= 0.3 is 5.97 Å². The number of hydrogen-bond donors (Lipinski definition) is 0. The van der Waals surface area contributed by atoms with Crippen LogP contribution in [-0.4, -0.2) is 24.7 Å². The molecule has 1 unspecified atom stereocenters. The molecule has 0 spiro atoms. The summed E-state index contributed by atoms with van der Waals surface area (Å²) >= 11 is 6.14. The topological polar surface area (TPSA) is 38.8 Å². The van der Waals surface area contributed by atoms with Crippen LogP contribution in [0.2, 0.25) is 5.02 Å². The summed E-state index contributed by atoms with van der Waals surface area (Å²) < 4.78 is 11.0. The van der Waals surface area contributed by atoms with Crippen LogP contribution < -0.4 is 9.64 Å². The molecule has 0 aliphatic carbocycles. The summed E-state index contributed by atoms with van der Waals surface area (Å²) in [4.78, 5) is 14.7. The second kappa shape index (κ2) is 8.87. The average molecular weight is 450 g/mol. The van der Waals surface area contributed by atoms with Crippen molar-refractivity contribution in [3.05, 3.63) is 88.4 Å². The van der Waals surface area contributed by atoms with Gasteiger partial charge in [-0.2, -0.15) is 0 Å². The molecule has 32 heavy (non-hydrogen) atoms. The molecule has 166 valence electrons. The van der Waals surface area contributed by atoms with E-state index in [2.05, 4.69) is 29.2 Å². The number of carbonyl (C=O) groups is 1. The van der Waals surface area contributed by atoms with E-state index in [1.54, 1.807) is 7.11 Å². The minimum atomic E-state index is -0.508. The molecule has 0 bridgehead atoms. The van der Waals surface area contributed by atoms with Gasteiger partial charge in [0.2, 0.25) is 0 Å². The third kappa shape index (κ3) is 4.91. The summed E-state index contributed by atoms with van der Waals surface area (Å²) in [6, 6.07) is 22.2. The van der Waals surface area contributed by atoms with E-state index in [4.69, 9.17) is 21.1 Å². The van der Waals surface area contributed by atoms with Gasteiger partial charge in [-0.05, 0) is 87.2 Å². The number of rotatable bonds is 5. The Morgan fingerprint density at radius 1 is 1.03 bits per heavy atom. The molecule has 4 rings (SSSR count). The number of nitrogens with zero attached hydrogens (tertiary/aromatic N) is 1. The Bertz CT molecular complexity index is 1100. The van der Waals surface area contributed by atoms with E-state index in [9.17, 15) is 4.79 Å². The minimum absolute atomic E-state index is 0.241. The maximum Gasteiger partial charge on any atom is 0.338 e. The Balaban J connectivity index is 1.59. The van der Waals surface area contributed by atoms with Crippen molar-refractivity contribution in [2.75, 3.05) is 12.0 Å². The maximum atomic E-state index is 12.3. The van der Waals surface area contributed by atoms with Gasteiger partial charge in [-0.3, -0.25) is 0 Å². The molecular formula is C27H28ClNO3. The van der Waals surface area contributed by atoms with Crippen molar-refractivity contribution in [1.29, 1.82) is 0 Å². The SMILES string of the molecule is COc1ccc2c(c1)N(c1ccc(Cl)cc1)C(Cc1ccc(C(=O)OC(C)(C)C)cc1)C2. The van der Waals surface area contributed by atoms with Crippen molar-refractivity contribution in [1.82, 2.24) is 0 Å². The number of benzene rings is 3. The van der Waals surface area contributed by atoms with Gasteiger partial charge in [-0.15, -0.1) is 0 Å². The second-order valence-electron chi connectivity index (χ2n) is 9.10. The fourth-order valence-electron chi connectivity index (χ4n) is 4.11. The first-order valence-corrected chi connectivity index (χ1v) is 11.2. The lowest BCUT2D eigenvalue weighted by atomic mass is 10.0. The third-order valence-corrected chi connectivity index (χ3v) is 5.79. The number of esters is 1. The zero-order chi connectivity index (χ0) is 22.9. The lowest BCUT2D eigenvalue weighted by Gasteiger charge is -2.28. The predicted octanol–water partition coefficient (Wildman–Crippen LogP) is 6.61. The van der Waals surface area contributed by atoms with Crippen LogP contribution in [0.5, 0.6) is 5.75 Å². The van der Waals surface area contributed by atoms with E-state index in [-0.39, 0.29) is 12.0 Å². The zero-order valence-electron chi connectivity index (χ0n) is 18.9. The molecule has 0 saturated carbocycles. The molecule has 5 heteroatoms. The first kappa shape index (κ1) is 22.2. The molecule has 0 radical (unpaired) electrons. The number of hydrogen-bond acceptors (Lipinski definition) is 4. The largest absolute Gasteiger partial charge is 0.497 e. The molecule has 1 atom stereocenters. The van der Waals surface area contributed by atoms with Gasteiger partial charge in [0.1, 0.15) is 11.4 Å². The number of anilines is 2. The maximum absolute atomic E-state index is 12.3. The highest BCUT2D eigenvalue weighted by Gasteiger charge is 2.31. The molecule has 1 aliphatic rings. The van der Waals surface area contributed by atoms with Gasteiger partial charge < -0.3 is 14.4 Å². The number of halogens is 1. The lowest BCUT2D eigenvalue weighted by molar-refractivity contribution is 0.00695. The van der Waals surface area contributed by atoms with Gasteiger partial charge in [-0.1, -0.05) is 29.8 Å². The van der Waals surface area contributed by atoms with E-state index >= 15 is 0 Å². The molecule has 0 aromatic heterocycles. The molecule has 0 amide bonds. The van der Waals surface area contributed by atoms with Crippen LogP contribution in [0, 0.1) is 0 Å². The van der Waals surface area contributed by atoms with Crippen molar-refractivity contribution in [3.8, 4) is 5.75 Å². The van der Waals surface area contributed by atoms with E-state index in [0.717, 1.165) is 30.0 Å². The summed E-state index contributed by atoms with van der Waals surface area (Å²) in [5.41, 5.74) is 4.76.